The van der Waals surface area contributed by atoms with Gasteiger partial charge in [0.25, 0.3) is 0 Å². The van der Waals surface area contributed by atoms with Crippen LogP contribution in [0.2, 0.25) is 0 Å². The Morgan fingerprint density at radius 2 is 1.96 bits per heavy atom. The van der Waals surface area contributed by atoms with Gasteiger partial charge in [0.1, 0.15) is 11.9 Å². The number of carbonyl (C=O) groups excluding carboxylic acids is 1. The van der Waals surface area contributed by atoms with Crippen molar-refractivity contribution in [3.8, 4) is 6.07 Å². The molecule has 0 unspecified atom stereocenters. The second kappa shape index (κ2) is 7.88. The van der Waals surface area contributed by atoms with Crippen LogP contribution in [0.5, 0.6) is 0 Å². The predicted molar refractivity (Wildman–Crippen MR) is 84.5 cm³/mol. The van der Waals surface area contributed by atoms with E-state index < -0.39 is 23.7 Å². The van der Waals surface area contributed by atoms with Crippen LogP contribution in [0.3, 0.4) is 0 Å². The Morgan fingerprint density at radius 3 is 2.62 bits per heavy atom. The third kappa shape index (κ3) is 4.65. The quantitative estimate of drug-likeness (QED) is 0.850. The first kappa shape index (κ1) is 17.2. The molecule has 1 atom stereocenters. The van der Waals surface area contributed by atoms with Gasteiger partial charge in [-0.15, -0.1) is 0 Å². The maximum Gasteiger partial charge on any atom is 0.326 e. The number of nitrogens with zero attached hydrogens (tertiary/aromatic N) is 1. The average Bonchev–Trinajstić information content (AvgIpc) is 2.54. The first-order valence-electron chi connectivity index (χ1n) is 7.24. The van der Waals surface area contributed by atoms with Crippen molar-refractivity contribution in [1.82, 2.24) is 5.32 Å². The van der Waals surface area contributed by atoms with Crippen molar-refractivity contribution in [3.05, 3.63) is 71.0 Å². The molecule has 0 radical (unpaired) electrons. The summed E-state index contributed by atoms with van der Waals surface area (Å²) in [7, 11) is 0. The van der Waals surface area contributed by atoms with E-state index in [1.807, 2.05) is 6.07 Å². The van der Waals surface area contributed by atoms with E-state index in [0.29, 0.717) is 16.7 Å². The molecule has 0 aliphatic heterocycles. The van der Waals surface area contributed by atoms with Crippen LogP contribution in [-0.2, 0) is 22.4 Å². The number of halogens is 1. The number of rotatable bonds is 6. The van der Waals surface area contributed by atoms with Crippen molar-refractivity contribution in [2.24, 2.45) is 0 Å². The summed E-state index contributed by atoms with van der Waals surface area (Å²) < 4.78 is 13.1. The van der Waals surface area contributed by atoms with Crippen LogP contribution >= 0.6 is 0 Å². The summed E-state index contributed by atoms with van der Waals surface area (Å²) in [6.45, 7) is 0. The standard InChI is InChI=1S/C18H15FN2O3/c19-15-7-3-4-12(8-15)9-17(22)21-16(18(23)24)10-13-5-1-2-6-14(13)11-20/h1-8,16H,9-10H2,(H,21,22)(H,23,24)/t16-/m0/s1. The van der Waals surface area contributed by atoms with Crippen molar-refractivity contribution in [1.29, 1.82) is 5.26 Å². The number of carboxylic acids is 1. The lowest BCUT2D eigenvalue weighted by Gasteiger charge is -2.15. The Labute approximate surface area is 138 Å². The summed E-state index contributed by atoms with van der Waals surface area (Å²) >= 11 is 0. The topological polar surface area (TPSA) is 90.2 Å². The molecule has 5 nitrogen and oxygen atoms in total. The number of hydrogen-bond acceptors (Lipinski definition) is 3. The summed E-state index contributed by atoms with van der Waals surface area (Å²) in [6.07, 6.45) is -0.130. The molecule has 2 aromatic rings. The largest absolute Gasteiger partial charge is 0.480 e. The van der Waals surface area contributed by atoms with Crippen molar-refractivity contribution in [2.45, 2.75) is 18.9 Å². The van der Waals surface area contributed by atoms with Gasteiger partial charge in [0.05, 0.1) is 18.1 Å². The zero-order chi connectivity index (χ0) is 17.5. The predicted octanol–water partition coefficient (Wildman–Crippen LogP) is 2.05. The van der Waals surface area contributed by atoms with Crippen LogP contribution in [0.25, 0.3) is 0 Å². The zero-order valence-corrected chi connectivity index (χ0v) is 12.7. The Hall–Kier alpha value is -3.20. The number of nitrogens with one attached hydrogen (secondary N) is 1. The molecule has 0 saturated carbocycles. The third-order valence-corrected chi connectivity index (χ3v) is 3.45. The maximum absolute atomic E-state index is 13.1. The molecule has 0 spiro atoms. The highest BCUT2D eigenvalue weighted by molar-refractivity contribution is 5.85. The lowest BCUT2D eigenvalue weighted by molar-refractivity contribution is -0.141. The van der Waals surface area contributed by atoms with E-state index in [2.05, 4.69) is 5.32 Å². The van der Waals surface area contributed by atoms with E-state index in [1.54, 1.807) is 30.3 Å². The first-order valence-corrected chi connectivity index (χ1v) is 7.24. The van der Waals surface area contributed by atoms with Crippen molar-refractivity contribution >= 4 is 11.9 Å². The molecule has 0 fully saturated rings. The molecule has 2 N–H and O–H groups in total. The van der Waals surface area contributed by atoms with Gasteiger partial charge < -0.3 is 10.4 Å². The Morgan fingerprint density at radius 1 is 1.21 bits per heavy atom. The van der Waals surface area contributed by atoms with Gasteiger partial charge in [0, 0.05) is 6.42 Å². The second-order valence-corrected chi connectivity index (χ2v) is 5.24. The van der Waals surface area contributed by atoms with Crippen molar-refractivity contribution < 1.29 is 19.1 Å². The van der Waals surface area contributed by atoms with Gasteiger partial charge >= 0.3 is 5.97 Å². The van der Waals surface area contributed by atoms with Crippen LogP contribution in [0, 0.1) is 17.1 Å². The summed E-state index contributed by atoms with van der Waals surface area (Å²) in [5.74, 6) is -2.18. The van der Waals surface area contributed by atoms with E-state index in [4.69, 9.17) is 5.26 Å². The number of carboxylic acid groups (broad SMARTS) is 1. The lowest BCUT2D eigenvalue weighted by Crippen LogP contribution is -2.43. The number of benzene rings is 2. The van der Waals surface area contributed by atoms with E-state index in [-0.39, 0.29) is 12.8 Å². The molecule has 6 heteroatoms. The highest BCUT2D eigenvalue weighted by atomic mass is 19.1. The minimum absolute atomic E-state index is 0.00599. The fourth-order valence-electron chi connectivity index (χ4n) is 2.31. The summed E-state index contributed by atoms with van der Waals surface area (Å²) in [5, 5.41) is 20.8. The number of aliphatic carboxylic acids is 1. The number of nitriles is 1. The summed E-state index contributed by atoms with van der Waals surface area (Å²) in [5.41, 5.74) is 1.36. The van der Waals surface area contributed by atoms with Gasteiger partial charge in [-0.1, -0.05) is 30.3 Å². The second-order valence-electron chi connectivity index (χ2n) is 5.24. The van der Waals surface area contributed by atoms with E-state index in [1.165, 1.54) is 18.2 Å². The van der Waals surface area contributed by atoms with Crippen LogP contribution in [0.1, 0.15) is 16.7 Å². The van der Waals surface area contributed by atoms with Crippen LogP contribution in [-0.4, -0.2) is 23.0 Å². The molecular weight excluding hydrogens is 311 g/mol. The van der Waals surface area contributed by atoms with Gasteiger partial charge in [0.2, 0.25) is 5.91 Å². The number of carbonyl (C=O) groups is 2. The van der Waals surface area contributed by atoms with Gasteiger partial charge in [-0.05, 0) is 29.3 Å². The Bertz CT molecular complexity index is 799. The highest BCUT2D eigenvalue weighted by Gasteiger charge is 2.21. The van der Waals surface area contributed by atoms with Crippen LogP contribution in [0.4, 0.5) is 4.39 Å². The summed E-state index contributed by atoms with van der Waals surface area (Å²) in [4.78, 5) is 23.4. The molecular formula is C18H15FN2O3. The molecule has 0 saturated heterocycles. The smallest absolute Gasteiger partial charge is 0.326 e. The van der Waals surface area contributed by atoms with E-state index in [9.17, 15) is 19.1 Å². The normalized spacial score (nSPS) is 11.3. The maximum atomic E-state index is 13.1. The van der Waals surface area contributed by atoms with Gasteiger partial charge in [-0.2, -0.15) is 5.26 Å². The Kier molecular flexibility index (Phi) is 5.63. The first-order chi connectivity index (χ1) is 11.5. The number of hydrogen-bond donors (Lipinski definition) is 2. The van der Waals surface area contributed by atoms with Crippen molar-refractivity contribution in [2.75, 3.05) is 0 Å². The molecule has 0 aromatic heterocycles. The van der Waals surface area contributed by atoms with Crippen LogP contribution in [0.15, 0.2) is 48.5 Å². The molecule has 0 bridgehead atoms. The van der Waals surface area contributed by atoms with E-state index in [0.717, 1.165) is 0 Å². The Balaban J connectivity index is 2.07. The highest BCUT2D eigenvalue weighted by Crippen LogP contribution is 2.11. The monoisotopic (exact) mass is 326 g/mol. The fraction of sp³-hybridized carbons (Fsp3) is 0.167. The minimum Gasteiger partial charge on any atom is -0.480 e. The van der Waals surface area contributed by atoms with Crippen molar-refractivity contribution in [3.63, 3.8) is 0 Å². The van der Waals surface area contributed by atoms with Crippen LogP contribution < -0.4 is 5.32 Å². The molecule has 0 aliphatic rings. The minimum atomic E-state index is -1.20. The lowest BCUT2D eigenvalue weighted by atomic mass is 10.0. The SMILES string of the molecule is N#Cc1ccccc1C[C@H](NC(=O)Cc1cccc(F)c1)C(=O)O. The molecule has 1 amide bonds. The molecule has 0 aliphatic carbocycles. The van der Waals surface area contributed by atoms with Gasteiger partial charge in [-0.3, -0.25) is 4.79 Å². The number of amides is 1. The summed E-state index contributed by atoms with van der Waals surface area (Å²) in [6, 6.07) is 13.0. The molecule has 2 rings (SSSR count). The molecule has 0 heterocycles. The average molecular weight is 326 g/mol. The zero-order valence-electron chi connectivity index (χ0n) is 12.7. The molecule has 122 valence electrons. The fourth-order valence-corrected chi connectivity index (χ4v) is 2.31. The van der Waals surface area contributed by atoms with Gasteiger partial charge in [-0.25, -0.2) is 9.18 Å². The molecule has 24 heavy (non-hydrogen) atoms. The van der Waals surface area contributed by atoms with Gasteiger partial charge in [0.15, 0.2) is 0 Å². The molecule has 2 aromatic carbocycles. The third-order valence-electron chi connectivity index (χ3n) is 3.45. The van der Waals surface area contributed by atoms with E-state index >= 15 is 0 Å².